The van der Waals surface area contributed by atoms with E-state index in [0.717, 1.165) is 24.0 Å². The average Bonchev–Trinajstić information content (AvgIpc) is 2.95. The molecule has 0 fully saturated rings. The van der Waals surface area contributed by atoms with Gasteiger partial charge in [0.2, 0.25) is 5.88 Å². The molecule has 0 unspecified atom stereocenters. The zero-order valence-corrected chi connectivity index (χ0v) is 13.3. The number of hydrogen-bond donors (Lipinski definition) is 0. The topological polar surface area (TPSA) is 53.4 Å². The van der Waals surface area contributed by atoms with Crippen LogP contribution in [-0.2, 0) is 24.8 Å². The predicted molar refractivity (Wildman–Crippen MR) is 83.9 cm³/mol. The number of aromatic nitrogens is 2. The molecule has 0 saturated carbocycles. The maximum absolute atomic E-state index is 12.2. The molecular formula is C17H22N2O3. The van der Waals surface area contributed by atoms with Gasteiger partial charge < -0.3 is 9.47 Å². The number of carbonyl (C=O) groups is 1. The van der Waals surface area contributed by atoms with Crippen molar-refractivity contribution in [3.63, 3.8) is 0 Å². The van der Waals surface area contributed by atoms with Gasteiger partial charge in [0.1, 0.15) is 6.61 Å². The zero-order chi connectivity index (χ0) is 15.9. The van der Waals surface area contributed by atoms with Crippen LogP contribution in [0.15, 0.2) is 30.5 Å². The van der Waals surface area contributed by atoms with Gasteiger partial charge in [-0.15, -0.1) is 5.10 Å². The molecule has 0 atom stereocenters. The van der Waals surface area contributed by atoms with Gasteiger partial charge >= 0.3 is 5.97 Å². The van der Waals surface area contributed by atoms with Crippen molar-refractivity contribution in [2.75, 3.05) is 6.61 Å². The lowest BCUT2D eigenvalue weighted by Gasteiger charge is -2.13. The van der Waals surface area contributed by atoms with Crippen molar-refractivity contribution >= 4 is 5.97 Å². The molecule has 2 aromatic rings. The van der Waals surface area contributed by atoms with Crippen molar-refractivity contribution in [2.24, 2.45) is 7.05 Å². The fourth-order valence-corrected chi connectivity index (χ4v) is 2.22. The summed E-state index contributed by atoms with van der Waals surface area (Å²) in [6, 6.07) is 7.47. The van der Waals surface area contributed by atoms with Crippen LogP contribution in [0.1, 0.15) is 41.8 Å². The van der Waals surface area contributed by atoms with E-state index in [1.165, 1.54) is 0 Å². The second kappa shape index (κ2) is 7.64. The molecular weight excluding hydrogens is 280 g/mol. The van der Waals surface area contributed by atoms with Gasteiger partial charge in [0, 0.05) is 24.9 Å². The summed E-state index contributed by atoms with van der Waals surface area (Å²) in [6.45, 7) is 4.76. The van der Waals surface area contributed by atoms with Gasteiger partial charge in [-0.25, -0.2) is 4.79 Å². The smallest absolute Gasteiger partial charge is 0.338 e. The molecule has 1 heterocycles. The van der Waals surface area contributed by atoms with E-state index >= 15 is 0 Å². The highest BCUT2D eigenvalue weighted by Gasteiger charge is 2.16. The van der Waals surface area contributed by atoms with Gasteiger partial charge in [-0.05, 0) is 24.5 Å². The first-order valence-corrected chi connectivity index (χ1v) is 7.56. The van der Waals surface area contributed by atoms with E-state index in [4.69, 9.17) is 9.47 Å². The lowest BCUT2D eigenvalue weighted by Crippen LogP contribution is -2.12. The standard InChI is InChI=1S/C17H22N2O3/c1-4-11-21-17(20)14-8-6-7-13(5-2)15(14)12-22-16-9-10-19(3)18-16/h6-10H,4-5,11-12H2,1-3H3. The molecule has 0 aliphatic heterocycles. The quantitative estimate of drug-likeness (QED) is 0.737. The Morgan fingerprint density at radius 2 is 2.09 bits per heavy atom. The molecule has 0 amide bonds. The van der Waals surface area contributed by atoms with Gasteiger partial charge in [0.25, 0.3) is 0 Å². The fraction of sp³-hybridized carbons (Fsp3) is 0.412. The molecule has 118 valence electrons. The number of benzene rings is 1. The van der Waals surface area contributed by atoms with Gasteiger partial charge in [-0.1, -0.05) is 26.0 Å². The Hall–Kier alpha value is -2.30. The number of hydrogen-bond acceptors (Lipinski definition) is 4. The summed E-state index contributed by atoms with van der Waals surface area (Å²) in [6.07, 6.45) is 3.45. The van der Waals surface area contributed by atoms with Crippen LogP contribution in [0.2, 0.25) is 0 Å². The minimum atomic E-state index is -0.295. The summed E-state index contributed by atoms with van der Waals surface area (Å²) < 4.78 is 12.6. The number of aryl methyl sites for hydroxylation is 2. The predicted octanol–water partition coefficient (Wildman–Crippen LogP) is 3.13. The van der Waals surface area contributed by atoms with Gasteiger partial charge in [0.15, 0.2) is 0 Å². The van der Waals surface area contributed by atoms with Crippen LogP contribution >= 0.6 is 0 Å². The van der Waals surface area contributed by atoms with Crippen LogP contribution in [0, 0.1) is 0 Å². The summed E-state index contributed by atoms with van der Waals surface area (Å²) in [4.78, 5) is 12.2. The van der Waals surface area contributed by atoms with Crippen molar-refractivity contribution in [1.29, 1.82) is 0 Å². The normalized spacial score (nSPS) is 10.5. The molecule has 0 radical (unpaired) electrons. The highest BCUT2D eigenvalue weighted by atomic mass is 16.5. The molecule has 0 spiro atoms. The third kappa shape index (κ3) is 3.87. The maximum atomic E-state index is 12.2. The van der Waals surface area contributed by atoms with Crippen LogP contribution in [0.3, 0.4) is 0 Å². The number of nitrogens with zero attached hydrogens (tertiary/aromatic N) is 2. The maximum Gasteiger partial charge on any atom is 0.338 e. The molecule has 2 rings (SSSR count). The fourth-order valence-electron chi connectivity index (χ4n) is 2.22. The van der Waals surface area contributed by atoms with Crippen molar-refractivity contribution in [2.45, 2.75) is 33.3 Å². The third-order valence-corrected chi connectivity index (χ3v) is 3.36. The largest absolute Gasteiger partial charge is 0.472 e. The summed E-state index contributed by atoms with van der Waals surface area (Å²) in [5.41, 5.74) is 2.53. The van der Waals surface area contributed by atoms with Crippen LogP contribution < -0.4 is 4.74 Å². The van der Waals surface area contributed by atoms with E-state index in [2.05, 4.69) is 12.0 Å². The second-order valence-corrected chi connectivity index (χ2v) is 5.05. The van der Waals surface area contributed by atoms with Crippen molar-refractivity contribution < 1.29 is 14.3 Å². The summed E-state index contributed by atoms with van der Waals surface area (Å²) in [7, 11) is 1.83. The molecule has 1 aromatic carbocycles. The minimum Gasteiger partial charge on any atom is -0.472 e. The SMILES string of the molecule is CCCOC(=O)c1cccc(CC)c1COc1ccn(C)n1. The van der Waals surface area contributed by atoms with E-state index in [9.17, 15) is 4.79 Å². The average molecular weight is 302 g/mol. The Labute approximate surface area is 130 Å². The third-order valence-electron chi connectivity index (χ3n) is 3.36. The summed E-state index contributed by atoms with van der Waals surface area (Å²) in [5.74, 6) is 0.248. The van der Waals surface area contributed by atoms with Gasteiger partial charge in [-0.2, -0.15) is 0 Å². The first-order valence-electron chi connectivity index (χ1n) is 7.56. The van der Waals surface area contributed by atoms with E-state index in [0.29, 0.717) is 24.7 Å². The molecule has 5 heteroatoms. The Balaban J connectivity index is 2.20. The first-order chi connectivity index (χ1) is 10.7. The van der Waals surface area contributed by atoms with E-state index in [1.54, 1.807) is 16.8 Å². The van der Waals surface area contributed by atoms with Crippen LogP contribution in [0.25, 0.3) is 0 Å². The molecule has 1 aromatic heterocycles. The van der Waals surface area contributed by atoms with Crippen LogP contribution in [0.4, 0.5) is 0 Å². The Kier molecular flexibility index (Phi) is 5.58. The lowest BCUT2D eigenvalue weighted by molar-refractivity contribution is 0.0502. The minimum absolute atomic E-state index is 0.295. The van der Waals surface area contributed by atoms with Crippen molar-refractivity contribution in [3.05, 3.63) is 47.2 Å². The highest BCUT2D eigenvalue weighted by molar-refractivity contribution is 5.91. The van der Waals surface area contributed by atoms with E-state index in [1.807, 2.05) is 32.3 Å². The molecule has 0 N–H and O–H groups in total. The summed E-state index contributed by atoms with van der Waals surface area (Å²) in [5, 5.41) is 4.18. The van der Waals surface area contributed by atoms with Crippen LogP contribution in [0.5, 0.6) is 5.88 Å². The monoisotopic (exact) mass is 302 g/mol. The number of ether oxygens (including phenoxy) is 2. The summed E-state index contributed by atoms with van der Waals surface area (Å²) >= 11 is 0. The van der Waals surface area contributed by atoms with Gasteiger partial charge in [-0.3, -0.25) is 4.68 Å². The molecule has 0 saturated heterocycles. The van der Waals surface area contributed by atoms with Crippen LogP contribution in [-0.4, -0.2) is 22.4 Å². The zero-order valence-electron chi connectivity index (χ0n) is 13.3. The molecule has 0 bridgehead atoms. The van der Waals surface area contributed by atoms with Crippen molar-refractivity contribution in [3.8, 4) is 5.88 Å². The van der Waals surface area contributed by atoms with Gasteiger partial charge in [0.05, 0.1) is 12.2 Å². The molecule has 0 aliphatic carbocycles. The second-order valence-electron chi connectivity index (χ2n) is 5.05. The molecule has 0 aliphatic rings. The Morgan fingerprint density at radius 1 is 1.27 bits per heavy atom. The molecule has 5 nitrogen and oxygen atoms in total. The molecule has 22 heavy (non-hydrogen) atoms. The Morgan fingerprint density at radius 3 is 2.73 bits per heavy atom. The number of esters is 1. The lowest BCUT2D eigenvalue weighted by atomic mass is 10.00. The van der Waals surface area contributed by atoms with E-state index < -0.39 is 0 Å². The Bertz CT molecular complexity index is 635. The highest BCUT2D eigenvalue weighted by Crippen LogP contribution is 2.19. The first kappa shape index (κ1) is 16.1. The van der Waals surface area contributed by atoms with Crippen molar-refractivity contribution in [1.82, 2.24) is 9.78 Å². The van der Waals surface area contributed by atoms with E-state index in [-0.39, 0.29) is 5.97 Å². The number of carbonyl (C=O) groups excluding carboxylic acids is 1. The number of rotatable bonds is 7.